The lowest BCUT2D eigenvalue weighted by Crippen LogP contribution is -2.25. The van der Waals surface area contributed by atoms with E-state index in [1.165, 1.54) is 31.3 Å². The molecule has 92 valence electrons. The Morgan fingerprint density at radius 2 is 1.82 bits per heavy atom. The number of hydrogen-bond acceptors (Lipinski definition) is 3. The Balaban J connectivity index is 2.19. The molecular formula is C11H14N2O3S. The Labute approximate surface area is 100 Å². The molecule has 6 heteroatoms. The predicted octanol–water partition coefficient (Wildman–Crippen LogP) is 0.487. The van der Waals surface area contributed by atoms with E-state index in [-0.39, 0.29) is 16.8 Å². The molecule has 0 radical (unpaired) electrons. The van der Waals surface area contributed by atoms with Crippen molar-refractivity contribution in [2.75, 3.05) is 7.05 Å². The molecule has 0 saturated heterocycles. The molecule has 1 aliphatic carbocycles. The molecule has 0 atom stereocenters. The van der Waals surface area contributed by atoms with Gasteiger partial charge < -0.3 is 5.32 Å². The van der Waals surface area contributed by atoms with Crippen LogP contribution in [0.15, 0.2) is 29.2 Å². The Bertz CT molecular complexity index is 518. The molecule has 2 N–H and O–H groups in total. The van der Waals surface area contributed by atoms with Crippen LogP contribution in [0.5, 0.6) is 0 Å². The number of sulfonamides is 1. The lowest BCUT2D eigenvalue weighted by molar-refractivity contribution is 0.0963. The maximum atomic E-state index is 11.8. The van der Waals surface area contributed by atoms with Crippen LogP contribution in [0, 0.1) is 0 Å². The van der Waals surface area contributed by atoms with Crippen LogP contribution in [0.4, 0.5) is 0 Å². The first kappa shape index (κ1) is 12.1. The van der Waals surface area contributed by atoms with E-state index in [2.05, 4.69) is 10.0 Å². The van der Waals surface area contributed by atoms with Crippen molar-refractivity contribution in [3.63, 3.8) is 0 Å². The van der Waals surface area contributed by atoms with Crippen molar-refractivity contribution in [1.29, 1.82) is 0 Å². The fourth-order valence-electron chi connectivity index (χ4n) is 1.42. The highest BCUT2D eigenvalue weighted by atomic mass is 32.2. The molecule has 1 aromatic rings. The fourth-order valence-corrected chi connectivity index (χ4v) is 2.72. The molecule has 2 rings (SSSR count). The second-order valence-electron chi connectivity index (χ2n) is 4.00. The molecule has 1 amide bonds. The summed E-state index contributed by atoms with van der Waals surface area (Å²) < 4.78 is 26.2. The minimum atomic E-state index is -3.43. The van der Waals surface area contributed by atoms with Gasteiger partial charge in [0.15, 0.2) is 0 Å². The molecule has 17 heavy (non-hydrogen) atoms. The van der Waals surface area contributed by atoms with Gasteiger partial charge in [-0.25, -0.2) is 13.1 Å². The smallest absolute Gasteiger partial charge is 0.251 e. The molecule has 0 bridgehead atoms. The number of carbonyl (C=O) groups excluding carboxylic acids is 1. The number of carbonyl (C=O) groups is 1. The van der Waals surface area contributed by atoms with Crippen LogP contribution in [0.3, 0.4) is 0 Å². The monoisotopic (exact) mass is 254 g/mol. The van der Waals surface area contributed by atoms with Crippen molar-refractivity contribution >= 4 is 15.9 Å². The topological polar surface area (TPSA) is 75.3 Å². The molecule has 1 aliphatic rings. The first-order chi connectivity index (χ1) is 8.03. The number of amides is 1. The predicted molar refractivity (Wildman–Crippen MR) is 63.2 cm³/mol. The first-order valence-corrected chi connectivity index (χ1v) is 6.86. The summed E-state index contributed by atoms with van der Waals surface area (Å²) in [6.45, 7) is 0. The summed E-state index contributed by atoms with van der Waals surface area (Å²) in [5.41, 5.74) is 0.442. The van der Waals surface area contributed by atoms with Gasteiger partial charge in [0.1, 0.15) is 0 Å². The molecule has 0 spiro atoms. The fraction of sp³-hybridized carbons (Fsp3) is 0.364. The maximum Gasteiger partial charge on any atom is 0.251 e. The van der Waals surface area contributed by atoms with Gasteiger partial charge in [0.25, 0.3) is 5.91 Å². The van der Waals surface area contributed by atoms with Gasteiger partial charge >= 0.3 is 0 Å². The molecule has 1 fully saturated rings. The zero-order valence-electron chi connectivity index (χ0n) is 9.43. The number of nitrogens with one attached hydrogen (secondary N) is 2. The van der Waals surface area contributed by atoms with Crippen LogP contribution >= 0.6 is 0 Å². The van der Waals surface area contributed by atoms with Crippen LogP contribution in [0.1, 0.15) is 23.2 Å². The van der Waals surface area contributed by atoms with E-state index in [9.17, 15) is 13.2 Å². The van der Waals surface area contributed by atoms with Gasteiger partial charge in [-0.15, -0.1) is 0 Å². The van der Waals surface area contributed by atoms with Gasteiger partial charge in [0, 0.05) is 18.7 Å². The van der Waals surface area contributed by atoms with Gasteiger partial charge in [-0.3, -0.25) is 4.79 Å². The molecule has 1 saturated carbocycles. The van der Waals surface area contributed by atoms with Crippen molar-refractivity contribution in [3.05, 3.63) is 29.8 Å². The van der Waals surface area contributed by atoms with Crippen molar-refractivity contribution < 1.29 is 13.2 Å². The third-order valence-corrected chi connectivity index (χ3v) is 4.09. The van der Waals surface area contributed by atoms with Crippen LogP contribution < -0.4 is 10.0 Å². The van der Waals surface area contributed by atoms with Crippen LogP contribution in [0.25, 0.3) is 0 Å². The van der Waals surface area contributed by atoms with Gasteiger partial charge in [-0.05, 0) is 37.1 Å². The highest BCUT2D eigenvalue weighted by Gasteiger charge is 2.27. The summed E-state index contributed by atoms with van der Waals surface area (Å²) in [6.07, 6.45) is 1.80. The highest BCUT2D eigenvalue weighted by molar-refractivity contribution is 7.89. The summed E-state index contributed by atoms with van der Waals surface area (Å²) in [4.78, 5) is 11.5. The average Bonchev–Trinajstić information content (AvgIpc) is 3.11. The number of hydrogen-bond donors (Lipinski definition) is 2. The summed E-state index contributed by atoms with van der Waals surface area (Å²) in [6, 6.07) is 5.96. The van der Waals surface area contributed by atoms with Crippen molar-refractivity contribution in [2.45, 2.75) is 23.8 Å². The molecule has 0 heterocycles. The van der Waals surface area contributed by atoms with Gasteiger partial charge in [0.05, 0.1) is 4.90 Å². The second-order valence-corrected chi connectivity index (χ2v) is 5.71. The van der Waals surface area contributed by atoms with Crippen molar-refractivity contribution in [1.82, 2.24) is 10.0 Å². The SMILES string of the molecule is CNC(=O)c1ccc(S(=O)(=O)NC2CC2)cc1. The molecule has 1 aromatic carbocycles. The average molecular weight is 254 g/mol. The molecule has 0 aliphatic heterocycles. The Morgan fingerprint density at radius 1 is 1.24 bits per heavy atom. The van der Waals surface area contributed by atoms with E-state index < -0.39 is 10.0 Å². The molecule has 0 unspecified atom stereocenters. The zero-order chi connectivity index (χ0) is 12.5. The Morgan fingerprint density at radius 3 is 2.29 bits per heavy atom. The van der Waals surface area contributed by atoms with Crippen molar-refractivity contribution in [3.8, 4) is 0 Å². The van der Waals surface area contributed by atoms with E-state index in [1.807, 2.05) is 0 Å². The first-order valence-electron chi connectivity index (χ1n) is 5.37. The lowest BCUT2D eigenvalue weighted by Gasteiger charge is -2.06. The molecular weight excluding hydrogens is 240 g/mol. The van der Waals surface area contributed by atoms with Gasteiger partial charge in [0.2, 0.25) is 10.0 Å². The molecule has 0 aromatic heterocycles. The minimum absolute atomic E-state index is 0.0821. The van der Waals surface area contributed by atoms with E-state index in [0.717, 1.165) is 12.8 Å². The minimum Gasteiger partial charge on any atom is -0.355 e. The van der Waals surface area contributed by atoms with Gasteiger partial charge in [-0.1, -0.05) is 0 Å². The van der Waals surface area contributed by atoms with E-state index in [0.29, 0.717) is 5.56 Å². The largest absolute Gasteiger partial charge is 0.355 e. The third kappa shape index (κ3) is 2.83. The van der Waals surface area contributed by atoms with Gasteiger partial charge in [-0.2, -0.15) is 0 Å². The summed E-state index contributed by atoms with van der Waals surface area (Å²) in [7, 11) is -1.90. The standard InChI is InChI=1S/C11H14N2O3S/c1-12-11(14)8-2-6-10(7-3-8)17(15,16)13-9-4-5-9/h2-3,6-7,9,13H,4-5H2,1H3,(H,12,14). The second kappa shape index (κ2) is 4.46. The summed E-state index contributed by atoms with van der Waals surface area (Å²) in [5, 5.41) is 2.48. The lowest BCUT2D eigenvalue weighted by atomic mass is 10.2. The highest BCUT2D eigenvalue weighted by Crippen LogP contribution is 2.22. The number of rotatable bonds is 4. The summed E-state index contributed by atoms with van der Waals surface area (Å²) in [5.74, 6) is -0.232. The Kier molecular flexibility index (Phi) is 3.17. The molecule has 5 nitrogen and oxygen atoms in total. The third-order valence-electron chi connectivity index (χ3n) is 2.55. The van der Waals surface area contributed by atoms with Crippen LogP contribution in [0.2, 0.25) is 0 Å². The van der Waals surface area contributed by atoms with E-state index >= 15 is 0 Å². The normalized spacial score (nSPS) is 15.6. The van der Waals surface area contributed by atoms with Crippen molar-refractivity contribution in [2.24, 2.45) is 0 Å². The van der Waals surface area contributed by atoms with E-state index in [1.54, 1.807) is 0 Å². The van der Waals surface area contributed by atoms with Crippen LogP contribution in [-0.4, -0.2) is 27.4 Å². The van der Waals surface area contributed by atoms with Crippen LogP contribution in [-0.2, 0) is 10.0 Å². The summed E-state index contributed by atoms with van der Waals surface area (Å²) >= 11 is 0. The maximum absolute atomic E-state index is 11.8. The van der Waals surface area contributed by atoms with E-state index in [4.69, 9.17) is 0 Å². The zero-order valence-corrected chi connectivity index (χ0v) is 10.3. The number of benzene rings is 1. The Hall–Kier alpha value is -1.40. The quantitative estimate of drug-likeness (QED) is 0.821.